The molecule has 0 aliphatic carbocycles. The summed E-state index contributed by atoms with van der Waals surface area (Å²) in [7, 11) is -0.436. The van der Waals surface area contributed by atoms with E-state index in [1.807, 2.05) is 49.4 Å². The van der Waals surface area contributed by atoms with Gasteiger partial charge >= 0.3 is 7.12 Å². The summed E-state index contributed by atoms with van der Waals surface area (Å²) in [5.41, 5.74) is 4.68. The molecule has 2 heterocycles. The van der Waals surface area contributed by atoms with E-state index in [0.717, 1.165) is 39.0 Å². The van der Waals surface area contributed by atoms with Crippen molar-refractivity contribution in [2.45, 2.75) is 65.1 Å². The van der Waals surface area contributed by atoms with Crippen LogP contribution in [0.1, 0.15) is 58.2 Å². The fourth-order valence-corrected chi connectivity index (χ4v) is 4.76. The Labute approximate surface area is 196 Å². The summed E-state index contributed by atoms with van der Waals surface area (Å²) in [6.07, 6.45) is 0. The maximum absolute atomic E-state index is 11.2. The Balaban J connectivity index is 1.57. The highest BCUT2D eigenvalue weighted by atomic mass is 16.7. The third-order valence-corrected chi connectivity index (χ3v) is 7.65. The summed E-state index contributed by atoms with van der Waals surface area (Å²) in [6, 6.07) is 18.2. The zero-order valence-electron chi connectivity index (χ0n) is 20.4. The molecule has 3 aromatic carbocycles. The smallest absolute Gasteiger partial charge is 0.494 e. The van der Waals surface area contributed by atoms with Gasteiger partial charge < -0.3 is 19.2 Å². The Morgan fingerprint density at radius 1 is 0.758 bits per heavy atom. The van der Waals surface area contributed by atoms with Crippen molar-refractivity contribution in [1.82, 2.24) is 0 Å². The predicted molar refractivity (Wildman–Crippen MR) is 133 cm³/mol. The average Bonchev–Trinajstić information content (AvgIpc) is 2.96. The van der Waals surface area contributed by atoms with Gasteiger partial charge in [0.05, 0.1) is 11.2 Å². The zero-order chi connectivity index (χ0) is 23.8. The minimum Gasteiger partial charge on any atom is -0.504 e. The third-order valence-electron chi connectivity index (χ3n) is 7.65. The van der Waals surface area contributed by atoms with E-state index in [9.17, 15) is 5.11 Å². The van der Waals surface area contributed by atoms with E-state index in [2.05, 4.69) is 53.7 Å². The van der Waals surface area contributed by atoms with Crippen LogP contribution in [0.25, 0.3) is 11.1 Å². The van der Waals surface area contributed by atoms with Crippen molar-refractivity contribution >= 4 is 12.6 Å². The molecule has 1 fully saturated rings. The molecule has 3 aromatic rings. The summed E-state index contributed by atoms with van der Waals surface area (Å²) in [6.45, 7) is 14.6. The van der Waals surface area contributed by atoms with Gasteiger partial charge in [0.15, 0.2) is 11.5 Å². The van der Waals surface area contributed by atoms with Crippen molar-refractivity contribution < 1.29 is 19.2 Å². The van der Waals surface area contributed by atoms with Crippen LogP contribution in [-0.2, 0) is 14.7 Å². The normalized spacial score (nSPS) is 19.5. The first-order chi connectivity index (χ1) is 15.4. The maximum Gasteiger partial charge on any atom is 0.494 e. The van der Waals surface area contributed by atoms with E-state index in [4.69, 9.17) is 14.0 Å². The van der Waals surface area contributed by atoms with Gasteiger partial charge in [0.2, 0.25) is 0 Å². The SMILES string of the molecule is Cc1ccccc1-c1ccc2c(c1O)Oc1ccc(B3OC(C)(C)C(C)(C)O3)cc1C2(C)C. The van der Waals surface area contributed by atoms with E-state index < -0.39 is 18.3 Å². The quantitative estimate of drug-likeness (QED) is 0.488. The average molecular weight is 442 g/mol. The van der Waals surface area contributed by atoms with E-state index in [1.165, 1.54) is 0 Å². The van der Waals surface area contributed by atoms with Gasteiger partial charge in [-0.05, 0) is 57.3 Å². The van der Waals surface area contributed by atoms with Crippen LogP contribution in [-0.4, -0.2) is 23.4 Å². The molecule has 0 saturated carbocycles. The Hall–Kier alpha value is -2.76. The topological polar surface area (TPSA) is 47.9 Å². The predicted octanol–water partition coefficient (Wildman–Crippen LogP) is 6.10. The molecule has 0 radical (unpaired) electrons. The van der Waals surface area contributed by atoms with Crippen LogP contribution in [0.3, 0.4) is 0 Å². The summed E-state index contributed by atoms with van der Waals surface area (Å²) in [5, 5.41) is 11.2. The van der Waals surface area contributed by atoms with Crippen molar-refractivity contribution in [2.75, 3.05) is 0 Å². The lowest BCUT2D eigenvalue weighted by molar-refractivity contribution is 0.00578. The number of ether oxygens (including phenoxy) is 1. The fraction of sp³-hybridized carbons (Fsp3) is 0.357. The number of fused-ring (bicyclic) bond motifs is 2. The van der Waals surface area contributed by atoms with Crippen molar-refractivity contribution in [3.63, 3.8) is 0 Å². The van der Waals surface area contributed by atoms with Crippen LogP contribution in [0.5, 0.6) is 17.2 Å². The van der Waals surface area contributed by atoms with Gasteiger partial charge in [0, 0.05) is 22.1 Å². The number of benzene rings is 3. The van der Waals surface area contributed by atoms with Crippen molar-refractivity contribution in [3.05, 3.63) is 71.3 Å². The summed E-state index contributed by atoms with van der Waals surface area (Å²) in [4.78, 5) is 0. The molecule has 5 rings (SSSR count). The summed E-state index contributed by atoms with van der Waals surface area (Å²) < 4.78 is 18.9. The molecular formula is C28H31BO4. The molecule has 33 heavy (non-hydrogen) atoms. The van der Waals surface area contributed by atoms with Crippen LogP contribution in [0.2, 0.25) is 0 Å². The van der Waals surface area contributed by atoms with E-state index in [0.29, 0.717) is 5.75 Å². The summed E-state index contributed by atoms with van der Waals surface area (Å²) >= 11 is 0. The lowest BCUT2D eigenvalue weighted by Crippen LogP contribution is -2.41. The second kappa shape index (κ2) is 7.12. The van der Waals surface area contributed by atoms with Crippen molar-refractivity contribution in [1.29, 1.82) is 0 Å². The fourth-order valence-electron chi connectivity index (χ4n) is 4.76. The summed E-state index contributed by atoms with van der Waals surface area (Å²) in [5.74, 6) is 1.44. The highest BCUT2D eigenvalue weighted by Crippen LogP contribution is 2.53. The lowest BCUT2D eigenvalue weighted by Gasteiger charge is -2.35. The van der Waals surface area contributed by atoms with Gasteiger partial charge in [-0.15, -0.1) is 0 Å². The molecule has 170 valence electrons. The Morgan fingerprint density at radius 3 is 2.09 bits per heavy atom. The third kappa shape index (κ3) is 3.29. The molecule has 1 N–H and O–H groups in total. The number of aryl methyl sites for hydroxylation is 1. The minimum absolute atomic E-state index is 0.176. The molecule has 0 aromatic heterocycles. The van der Waals surface area contributed by atoms with E-state index >= 15 is 0 Å². The highest BCUT2D eigenvalue weighted by molar-refractivity contribution is 6.62. The number of phenols is 1. The maximum atomic E-state index is 11.2. The second-order valence-electron chi connectivity index (χ2n) is 10.7. The van der Waals surface area contributed by atoms with Crippen LogP contribution in [0, 0.1) is 6.92 Å². The van der Waals surface area contributed by atoms with Crippen molar-refractivity contribution in [3.8, 4) is 28.4 Å². The standard InChI is InChI=1S/C28H31BO4/c1-17-10-8-9-11-19(17)20-13-14-21-25(24(20)30)31-23-15-12-18(16-22(23)26(21,2)3)29-32-27(4,5)28(6,7)33-29/h8-16,30H,1-7H3. The molecule has 0 unspecified atom stereocenters. The first-order valence-electron chi connectivity index (χ1n) is 11.5. The monoisotopic (exact) mass is 442 g/mol. The second-order valence-corrected chi connectivity index (χ2v) is 10.7. The number of hydrogen-bond donors (Lipinski definition) is 1. The van der Waals surface area contributed by atoms with Crippen LogP contribution < -0.4 is 10.2 Å². The molecule has 0 bridgehead atoms. The van der Waals surface area contributed by atoms with Gasteiger partial charge in [-0.25, -0.2) is 0 Å². The number of rotatable bonds is 2. The Morgan fingerprint density at radius 2 is 1.42 bits per heavy atom. The largest absolute Gasteiger partial charge is 0.504 e. The van der Waals surface area contributed by atoms with Crippen molar-refractivity contribution in [2.24, 2.45) is 0 Å². The van der Waals surface area contributed by atoms with Crippen LogP contribution >= 0.6 is 0 Å². The molecular weight excluding hydrogens is 411 g/mol. The molecule has 2 aliphatic heterocycles. The number of phenolic OH excluding ortho intramolecular Hbond substituents is 1. The molecule has 0 amide bonds. The first-order valence-corrected chi connectivity index (χ1v) is 11.5. The molecule has 0 spiro atoms. The highest BCUT2D eigenvalue weighted by Gasteiger charge is 2.52. The van der Waals surface area contributed by atoms with E-state index in [1.54, 1.807) is 0 Å². The van der Waals surface area contributed by atoms with E-state index in [-0.39, 0.29) is 11.2 Å². The Kier molecular flexibility index (Phi) is 4.76. The Bertz CT molecular complexity index is 1240. The molecule has 5 heteroatoms. The molecule has 0 atom stereocenters. The minimum atomic E-state index is -0.436. The van der Waals surface area contributed by atoms with Gasteiger partial charge in [0.1, 0.15) is 5.75 Å². The van der Waals surface area contributed by atoms with Gasteiger partial charge in [0.25, 0.3) is 0 Å². The molecule has 2 aliphatic rings. The number of hydrogen-bond acceptors (Lipinski definition) is 4. The molecule has 1 saturated heterocycles. The van der Waals surface area contributed by atoms with Gasteiger partial charge in [-0.3, -0.25) is 0 Å². The van der Waals surface area contributed by atoms with Crippen LogP contribution in [0.4, 0.5) is 0 Å². The van der Waals surface area contributed by atoms with Crippen LogP contribution in [0.15, 0.2) is 54.6 Å². The molecule has 4 nitrogen and oxygen atoms in total. The zero-order valence-corrected chi connectivity index (χ0v) is 20.4. The van der Waals surface area contributed by atoms with Gasteiger partial charge in [-0.2, -0.15) is 0 Å². The number of aromatic hydroxyl groups is 1. The van der Waals surface area contributed by atoms with Gasteiger partial charge in [-0.1, -0.05) is 62.4 Å². The first kappa shape index (κ1) is 22.1. The lowest BCUT2D eigenvalue weighted by atomic mass is 9.71.